The van der Waals surface area contributed by atoms with E-state index in [2.05, 4.69) is 9.98 Å². The van der Waals surface area contributed by atoms with Crippen molar-refractivity contribution in [2.24, 2.45) is 4.99 Å². The van der Waals surface area contributed by atoms with E-state index < -0.39 is 0 Å². The van der Waals surface area contributed by atoms with Gasteiger partial charge in [-0.05, 0) is 29.0 Å². The molecule has 5 nitrogen and oxygen atoms in total. The second kappa shape index (κ2) is 7.29. The molecule has 0 fully saturated rings. The van der Waals surface area contributed by atoms with E-state index in [0.29, 0.717) is 28.0 Å². The molecule has 0 aliphatic heterocycles. The average Bonchev–Trinajstić information content (AvgIpc) is 2.77. The van der Waals surface area contributed by atoms with Crippen LogP contribution in [0.15, 0.2) is 95.0 Å². The Bertz CT molecular complexity index is 1480. The molecule has 2 aromatic heterocycles. The maximum absolute atomic E-state index is 12.4. The number of rotatable bonds is 3. The number of nitrogens with zero attached hydrogens (tertiary/aromatic N) is 2. The van der Waals surface area contributed by atoms with Crippen molar-refractivity contribution in [1.29, 1.82) is 0 Å². The highest BCUT2D eigenvalue weighted by Crippen LogP contribution is 2.33. The lowest BCUT2D eigenvalue weighted by Crippen LogP contribution is -2.05. The lowest BCUT2D eigenvalue weighted by Gasteiger charge is -2.08. The monoisotopic (exact) mass is 391 g/mol. The lowest BCUT2D eigenvalue weighted by molar-refractivity contribution is 0.482. The lowest BCUT2D eigenvalue weighted by atomic mass is 10.0. The molecule has 3 aromatic carbocycles. The third-order valence-electron chi connectivity index (χ3n) is 5.04. The SMILES string of the molecule is O=c1cc[nH]cc1-c1nc(C=Nc2cccc3cccc(O)c23)cc2ccccc12. The van der Waals surface area contributed by atoms with Gasteiger partial charge >= 0.3 is 0 Å². The Kier molecular flexibility index (Phi) is 4.33. The van der Waals surface area contributed by atoms with Crippen molar-refractivity contribution in [3.8, 4) is 17.0 Å². The number of phenolic OH excluding ortho intramolecular Hbond substituents is 1. The number of phenols is 1. The number of hydrogen-bond acceptors (Lipinski definition) is 4. The summed E-state index contributed by atoms with van der Waals surface area (Å²) in [6.07, 6.45) is 4.93. The molecule has 0 spiro atoms. The van der Waals surface area contributed by atoms with Crippen LogP contribution < -0.4 is 5.43 Å². The third-order valence-corrected chi connectivity index (χ3v) is 5.04. The van der Waals surface area contributed by atoms with Gasteiger partial charge in [0.25, 0.3) is 0 Å². The van der Waals surface area contributed by atoms with Gasteiger partial charge in [0, 0.05) is 29.2 Å². The average molecular weight is 391 g/mol. The largest absolute Gasteiger partial charge is 0.507 e. The second-order valence-corrected chi connectivity index (χ2v) is 6.95. The Morgan fingerprint density at radius 3 is 2.60 bits per heavy atom. The van der Waals surface area contributed by atoms with Crippen LogP contribution in [0.5, 0.6) is 5.75 Å². The van der Waals surface area contributed by atoms with Crippen LogP contribution in [0.3, 0.4) is 0 Å². The molecule has 144 valence electrons. The van der Waals surface area contributed by atoms with Crippen LogP contribution in [-0.4, -0.2) is 21.3 Å². The molecule has 0 atom stereocenters. The van der Waals surface area contributed by atoms with E-state index in [1.807, 2.05) is 54.6 Å². The normalized spacial score (nSPS) is 11.5. The molecule has 5 aromatic rings. The maximum atomic E-state index is 12.4. The van der Waals surface area contributed by atoms with E-state index in [4.69, 9.17) is 4.98 Å². The molecular formula is C25H17N3O2. The molecule has 0 saturated heterocycles. The number of aromatic hydroxyl groups is 1. The molecule has 5 heteroatoms. The van der Waals surface area contributed by atoms with Gasteiger partial charge in [-0.3, -0.25) is 9.79 Å². The van der Waals surface area contributed by atoms with E-state index in [1.54, 1.807) is 30.7 Å². The minimum atomic E-state index is -0.0977. The fourth-order valence-electron chi connectivity index (χ4n) is 3.64. The molecule has 2 heterocycles. The molecule has 0 radical (unpaired) electrons. The van der Waals surface area contributed by atoms with Gasteiger partial charge in [0.2, 0.25) is 0 Å². The Morgan fingerprint density at radius 2 is 1.73 bits per heavy atom. The first kappa shape index (κ1) is 17.8. The van der Waals surface area contributed by atoms with Crippen LogP contribution in [0.2, 0.25) is 0 Å². The fourth-order valence-corrected chi connectivity index (χ4v) is 3.64. The number of benzene rings is 3. The predicted molar refractivity (Wildman–Crippen MR) is 121 cm³/mol. The van der Waals surface area contributed by atoms with Crippen molar-refractivity contribution < 1.29 is 5.11 Å². The van der Waals surface area contributed by atoms with Crippen molar-refractivity contribution in [3.05, 3.63) is 101 Å². The summed E-state index contributed by atoms with van der Waals surface area (Å²) in [6.45, 7) is 0. The van der Waals surface area contributed by atoms with Crippen molar-refractivity contribution in [2.75, 3.05) is 0 Å². The first-order valence-electron chi connectivity index (χ1n) is 9.53. The number of hydrogen-bond donors (Lipinski definition) is 2. The van der Waals surface area contributed by atoms with Crippen LogP contribution in [0, 0.1) is 0 Å². The fraction of sp³-hybridized carbons (Fsp3) is 0. The van der Waals surface area contributed by atoms with Crippen LogP contribution in [0.25, 0.3) is 32.8 Å². The molecular weight excluding hydrogens is 374 g/mol. The van der Waals surface area contributed by atoms with Crippen molar-refractivity contribution in [2.45, 2.75) is 0 Å². The predicted octanol–water partition coefficient (Wildman–Crippen LogP) is 5.20. The van der Waals surface area contributed by atoms with Crippen LogP contribution in [0.4, 0.5) is 5.69 Å². The first-order valence-corrected chi connectivity index (χ1v) is 9.53. The van der Waals surface area contributed by atoms with Gasteiger partial charge in [-0.15, -0.1) is 0 Å². The highest BCUT2D eigenvalue weighted by Gasteiger charge is 2.11. The summed E-state index contributed by atoms with van der Waals surface area (Å²) in [6, 6.07) is 22.3. The highest BCUT2D eigenvalue weighted by molar-refractivity contribution is 6.01. The van der Waals surface area contributed by atoms with Gasteiger partial charge in [-0.25, -0.2) is 4.98 Å². The van der Waals surface area contributed by atoms with Gasteiger partial charge in [0.15, 0.2) is 5.43 Å². The van der Waals surface area contributed by atoms with E-state index in [9.17, 15) is 9.90 Å². The van der Waals surface area contributed by atoms with Gasteiger partial charge in [-0.1, -0.05) is 48.5 Å². The maximum Gasteiger partial charge on any atom is 0.190 e. The smallest absolute Gasteiger partial charge is 0.190 e. The van der Waals surface area contributed by atoms with Crippen LogP contribution in [-0.2, 0) is 0 Å². The summed E-state index contributed by atoms with van der Waals surface area (Å²) in [5.74, 6) is 0.184. The van der Waals surface area contributed by atoms with E-state index >= 15 is 0 Å². The van der Waals surface area contributed by atoms with Gasteiger partial charge < -0.3 is 10.1 Å². The van der Waals surface area contributed by atoms with Gasteiger partial charge in [0.1, 0.15) is 5.75 Å². The Hall–Kier alpha value is -4.25. The summed E-state index contributed by atoms with van der Waals surface area (Å²) >= 11 is 0. The summed E-state index contributed by atoms with van der Waals surface area (Å²) in [7, 11) is 0. The van der Waals surface area contributed by atoms with E-state index in [0.717, 1.165) is 16.2 Å². The number of aromatic nitrogens is 2. The van der Waals surface area contributed by atoms with E-state index in [-0.39, 0.29) is 11.2 Å². The number of nitrogens with one attached hydrogen (secondary N) is 1. The van der Waals surface area contributed by atoms with Gasteiger partial charge in [0.05, 0.1) is 28.9 Å². The third kappa shape index (κ3) is 3.12. The Morgan fingerprint density at radius 1 is 0.933 bits per heavy atom. The number of H-pyrrole nitrogens is 1. The summed E-state index contributed by atoms with van der Waals surface area (Å²) < 4.78 is 0. The topological polar surface area (TPSA) is 78.3 Å². The molecule has 0 aliphatic carbocycles. The molecule has 0 aliphatic rings. The standard InChI is InChI=1S/C25H17N3O2/c29-22-11-12-26-15-20(22)25-19-8-2-1-5-17(19)13-18(28-25)14-27-21-9-3-6-16-7-4-10-23(30)24(16)21/h1-15,30H,(H,26,29). The van der Waals surface area contributed by atoms with E-state index in [1.165, 1.54) is 6.07 Å². The minimum Gasteiger partial charge on any atom is -0.507 e. The summed E-state index contributed by atoms with van der Waals surface area (Å²) in [4.78, 5) is 24.7. The van der Waals surface area contributed by atoms with Crippen molar-refractivity contribution >= 4 is 33.4 Å². The van der Waals surface area contributed by atoms with Crippen molar-refractivity contribution in [1.82, 2.24) is 9.97 Å². The zero-order valence-corrected chi connectivity index (χ0v) is 15.9. The Balaban J connectivity index is 1.68. The number of aliphatic imine (C=N–C) groups is 1. The molecule has 0 unspecified atom stereocenters. The molecule has 2 N–H and O–H groups in total. The highest BCUT2D eigenvalue weighted by atomic mass is 16.3. The zero-order chi connectivity index (χ0) is 20.5. The molecule has 0 amide bonds. The molecule has 5 rings (SSSR count). The zero-order valence-electron chi connectivity index (χ0n) is 15.9. The summed E-state index contributed by atoms with van der Waals surface area (Å²) in [5.41, 5.74) is 2.29. The first-order chi connectivity index (χ1) is 14.7. The molecule has 0 bridgehead atoms. The van der Waals surface area contributed by atoms with Crippen LogP contribution >= 0.6 is 0 Å². The molecule has 0 saturated carbocycles. The second-order valence-electron chi connectivity index (χ2n) is 6.95. The number of aromatic amines is 1. The Labute approximate surface area is 172 Å². The van der Waals surface area contributed by atoms with Crippen molar-refractivity contribution in [3.63, 3.8) is 0 Å². The minimum absolute atomic E-state index is 0.0977. The molecule has 30 heavy (non-hydrogen) atoms. The number of pyridine rings is 2. The number of fused-ring (bicyclic) bond motifs is 2. The summed E-state index contributed by atoms with van der Waals surface area (Å²) in [5, 5.41) is 13.8. The van der Waals surface area contributed by atoms with Crippen LogP contribution in [0.1, 0.15) is 5.69 Å². The van der Waals surface area contributed by atoms with Gasteiger partial charge in [-0.2, -0.15) is 0 Å². The quantitative estimate of drug-likeness (QED) is 0.415.